The molecule has 0 aliphatic carbocycles. The number of amides is 3. The largest absolute Gasteiger partial charge is 0.491 e. The van der Waals surface area contributed by atoms with Gasteiger partial charge in [-0.3, -0.25) is 14.4 Å². The highest BCUT2D eigenvalue weighted by molar-refractivity contribution is 6.31. The maximum absolute atomic E-state index is 13.1. The third-order valence-corrected chi connectivity index (χ3v) is 6.08. The zero-order valence-corrected chi connectivity index (χ0v) is 21.4. The number of hydrogen-bond acceptors (Lipinski definition) is 6. The number of benzene rings is 1. The van der Waals surface area contributed by atoms with Crippen LogP contribution < -0.4 is 15.4 Å². The Morgan fingerprint density at radius 3 is 2.63 bits per heavy atom. The van der Waals surface area contributed by atoms with E-state index < -0.39 is 5.91 Å². The van der Waals surface area contributed by atoms with Crippen molar-refractivity contribution >= 4 is 29.3 Å². The molecular weight excluding hydrogens is 472 g/mol. The molecule has 2 N–H and O–H groups in total. The van der Waals surface area contributed by atoms with E-state index in [0.717, 1.165) is 0 Å². The minimum absolute atomic E-state index is 0.0474. The normalized spacial score (nSPS) is 18.3. The summed E-state index contributed by atoms with van der Waals surface area (Å²) in [5.74, 6) is -0.337. The van der Waals surface area contributed by atoms with Crippen molar-refractivity contribution in [1.82, 2.24) is 20.7 Å². The second kappa shape index (κ2) is 12.1. The molecule has 9 nitrogen and oxygen atoms in total. The first-order valence-corrected chi connectivity index (χ1v) is 12.3. The first-order chi connectivity index (χ1) is 16.7. The van der Waals surface area contributed by atoms with E-state index in [1.54, 1.807) is 24.3 Å². The number of ether oxygens (including phenoxy) is 1. The fraction of sp³-hybridized carbons (Fsp3) is 0.520. The summed E-state index contributed by atoms with van der Waals surface area (Å²) >= 11 is 6.11. The van der Waals surface area contributed by atoms with Crippen molar-refractivity contribution in [2.24, 2.45) is 5.92 Å². The minimum Gasteiger partial charge on any atom is -0.491 e. The summed E-state index contributed by atoms with van der Waals surface area (Å²) in [5.41, 5.74) is 1.01. The van der Waals surface area contributed by atoms with Gasteiger partial charge < -0.3 is 24.8 Å². The Morgan fingerprint density at radius 2 is 1.94 bits per heavy atom. The molecule has 0 fully saturated rings. The Bertz CT molecular complexity index is 1050. The molecule has 0 spiro atoms. The number of nitrogens with one attached hydrogen (secondary N) is 2. The number of halogens is 1. The summed E-state index contributed by atoms with van der Waals surface area (Å²) in [7, 11) is 0. The van der Waals surface area contributed by atoms with Gasteiger partial charge in [-0.1, -0.05) is 44.5 Å². The predicted octanol–water partition coefficient (Wildman–Crippen LogP) is 3.64. The lowest BCUT2D eigenvalue weighted by molar-refractivity contribution is -0.123. The number of nitrogens with zero attached hydrogens (tertiary/aromatic N) is 2. The van der Waals surface area contributed by atoms with Gasteiger partial charge in [-0.15, -0.1) is 0 Å². The molecule has 1 aliphatic rings. The van der Waals surface area contributed by atoms with E-state index in [1.165, 1.54) is 4.90 Å². The molecule has 2 aromatic rings. The first kappa shape index (κ1) is 26.5. The fourth-order valence-electron chi connectivity index (χ4n) is 3.61. The maximum atomic E-state index is 13.1. The van der Waals surface area contributed by atoms with Gasteiger partial charge in [0.1, 0.15) is 12.4 Å². The smallest absolute Gasteiger partial charge is 0.292 e. The lowest BCUT2D eigenvalue weighted by Gasteiger charge is -2.26. The summed E-state index contributed by atoms with van der Waals surface area (Å²) in [4.78, 5) is 40.3. The number of carbonyl (C=O) groups is 3. The molecule has 0 saturated heterocycles. The molecule has 0 bridgehead atoms. The summed E-state index contributed by atoms with van der Waals surface area (Å²) in [5, 5.41) is 10.2. The first-order valence-electron chi connectivity index (χ1n) is 11.9. The van der Waals surface area contributed by atoms with Crippen molar-refractivity contribution in [3.8, 4) is 5.75 Å². The Kier molecular flexibility index (Phi) is 9.14. The number of fused-ring (bicyclic) bond motifs is 1. The Hall–Kier alpha value is -3.07. The van der Waals surface area contributed by atoms with Crippen LogP contribution in [0.5, 0.6) is 5.75 Å². The molecule has 10 heteroatoms. The number of rotatable bonds is 3. The molecule has 3 rings (SSSR count). The van der Waals surface area contributed by atoms with E-state index in [9.17, 15) is 14.4 Å². The highest BCUT2D eigenvalue weighted by Gasteiger charge is 2.26. The van der Waals surface area contributed by atoms with E-state index in [-0.39, 0.29) is 48.6 Å². The van der Waals surface area contributed by atoms with Crippen LogP contribution in [0, 0.1) is 5.92 Å². The van der Waals surface area contributed by atoms with Gasteiger partial charge in [0.2, 0.25) is 11.7 Å². The average molecular weight is 505 g/mol. The van der Waals surface area contributed by atoms with Crippen LogP contribution in [0.1, 0.15) is 73.1 Å². The highest BCUT2D eigenvalue weighted by atomic mass is 35.5. The average Bonchev–Trinajstić information content (AvgIpc) is 3.30. The summed E-state index contributed by atoms with van der Waals surface area (Å²) in [6.07, 6.45) is 1.19. The summed E-state index contributed by atoms with van der Waals surface area (Å²) < 4.78 is 11.2. The van der Waals surface area contributed by atoms with E-state index in [0.29, 0.717) is 48.0 Å². The van der Waals surface area contributed by atoms with Crippen LogP contribution in [-0.4, -0.2) is 60.1 Å². The van der Waals surface area contributed by atoms with Crippen LogP contribution in [-0.2, 0) is 4.79 Å². The molecule has 35 heavy (non-hydrogen) atoms. The molecule has 190 valence electrons. The standard InChI is InChI=1S/C25H33ClN4O5/c1-15(2)19-12-22(35-29-19)25(33)30-10-6-5-9-27-24(32)18-11-17(26)7-8-21(18)34-14-20(16(3)4)28-23(31)13-30/h7-8,11-12,15-16,20H,5-6,9-10,13-14H2,1-4H3,(H,27,32)(H,28,31)/t20-/m0/s1. The van der Waals surface area contributed by atoms with E-state index in [1.807, 2.05) is 27.7 Å². The molecule has 1 atom stereocenters. The molecule has 1 aromatic carbocycles. The van der Waals surface area contributed by atoms with E-state index in [2.05, 4.69) is 15.8 Å². The third kappa shape index (κ3) is 7.21. The van der Waals surface area contributed by atoms with Gasteiger partial charge in [0.15, 0.2) is 0 Å². The second-order valence-electron chi connectivity index (χ2n) is 9.33. The van der Waals surface area contributed by atoms with Gasteiger partial charge in [0.25, 0.3) is 11.8 Å². The van der Waals surface area contributed by atoms with E-state index in [4.69, 9.17) is 20.9 Å². The lowest BCUT2D eigenvalue weighted by atomic mass is 10.1. The topological polar surface area (TPSA) is 114 Å². The molecule has 3 amide bonds. The van der Waals surface area contributed by atoms with Gasteiger partial charge in [-0.05, 0) is 42.9 Å². The van der Waals surface area contributed by atoms with Gasteiger partial charge in [0, 0.05) is 24.2 Å². The van der Waals surface area contributed by atoms with Crippen molar-refractivity contribution in [2.75, 3.05) is 26.2 Å². The molecule has 0 radical (unpaired) electrons. The zero-order valence-electron chi connectivity index (χ0n) is 20.6. The number of aromatic nitrogens is 1. The Balaban J connectivity index is 1.81. The van der Waals surface area contributed by atoms with E-state index >= 15 is 0 Å². The Labute approximate surface area is 210 Å². The van der Waals surface area contributed by atoms with Gasteiger partial charge in [-0.2, -0.15) is 0 Å². The molecule has 0 saturated carbocycles. The summed E-state index contributed by atoms with van der Waals surface area (Å²) in [6.45, 7) is 8.58. The number of carbonyl (C=O) groups excluding carboxylic acids is 3. The predicted molar refractivity (Wildman–Crippen MR) is 132 cm³/mol. The fourth-order valence-corrected chi connectivity index (χ4v) is 3.78. The maximum Gasteiger partial charge on any atom is 0.292 e. The van der Waals surface area contributed by atoms with Crippen molar-refractivity contribution in [1.29, 1.82) is 0 Å². The zero-order chi connectivity index (χ0) is 25.5. The van der Waals surface area contributed by atoms with Gasteiger partial charge >= 0.3 is 0 Å². The van der Waals surface area contributed by atoms with Crippen LogP contribution in [0.25, 0.3) is 0 Å². The number of hydrogen-bond donors (Lipinski definition) is 2. The van der Waals surface area contributed by atoms with Crippen molar-refractivity contribution in [3.05, 3.63) is 46.3 Å². The van der Waals surface area contributed by atoms with Crippen molar-refractivity contribution in [2.45, 2.75) is 52.5 Å². The molecule has 1 aliphatic heterocycles. The van der Waals surface area contributed by atoms with Crippen LogP contribution in [0.4, 0.5) is 0 Å². The van der Waals surface area contributed by atoms with Crippen LogP contribution in [0.3, 0.4) is 0 Å². The van der Waals surface area contributed by atoms with Crippen LogP contribution in [0.15, 0.2) is 28.8 Å². The molecule has 1 aromatic heterocycles. The Morgan fingerprint density at radius 1 is 1.17 bits per heavy atom. The molecule has 0 unspecified atom stereocenters. The lowest BCUT2D eigenvalue weighted by Crippen LogP contribution is -2.48. The quantitative estimate of drug-likeness (QED) is 0.659. The van der Waals surface area contributed by atoms with Crippen LogP contribution >= 0.6 is 11.6 Å². The highest BCUT2D eigenvalue weighted by Crippen LogP contribution is 2.24. The van der Waals surface area contributed by atoms with Crippen molar-refractivity contribution < 1.29 is 23.6 Å². The molecule has 2 heterocycles. The third-order valence-electron chi connectivity index (χ3n) is 5.85. The summed E-state index contributed by atoms with van der Waals surface area (Å²) in [6, 6.07) is 6.15. The van der Waals surface area contributed by atoms with Gasteiger partial charge in [-0.25, -0.2) is 0 Å². The van der Waals surface area contributed by atoms with Gasteiger partial charge in [0.05, 0.1) is 23.8 Å². The molecular formula is C25H33ClN4O5. The van der Waals surface area contributed by atoms with Crippen LogP contribution in [0.2, 0.25) is 5.02 Å². The SMILES string of the molecule is CC(C)c1cc(C(=O)N2CCCCNC(=O)c3cc(Cl)ccc3OC[C@@H](C(C)C)NC(=O)C2)on1. The second-order valence-corrected chi connectivity index (χ2v) is 9.77. The minimum atomic E-state index is -0.396. The van der Waals surface area contributed by atoms with Crippen molar-refractivity contribution in [3.63, 3.8) is 0 Å². The monoisotopic (exact) mass is 504 g/mol.